The van der Waals surface area contributed by atoms with Crippen LogP contribution in [0, 0.1) is 0 Å². The first-order chi connectivity index (χ1) is 11.8. The molecule has 1 heterocycles. The maximum absolute atomic E-state index is 3.98. The van der Waals surface area contributed by atoms with Crippen LogP contribution < -0.4 is 0 Å². The lowest BCUT2D eigenvalue weighted by atomic mass is 10.0. The zero-order valence-electron chi connectivity index (χ0n) is 13.7. The van der Waals surface area contributed by atoms with E-state index in [1.807, 2.05) is 6.08 Å². The van der Waals surface area contributed by atoms with Crippen molar-refractivity contribution in [3.63, 3.8) is 0 Å². The van der Waals surface area contributed by atoms with Gasteiger partial charge in [0.2, 0.25) is 0 Å². The first kappa shape index (κ1) is 14.5. The monoisotopic (exact) mass is 309 g/mol. The average molecular weight is 309 g/mol. The molecule has 0 atom stereocenters. The van der Waals surface area contributed by atoms with E-state index in [1.165, 1.54) is 32.9 Å². The van der Waals surface area contributed by atoms with Crippen molar-refractivity contribution in [1.82, 2.24) is 4.57 Å². The number of benzene rings is 3. The molecule has 1 aromatic heterocycles. The Morgan fingerprint density at radius 3 is 2.25 bits per heavy atom. The van der Waals surface area contributed by atoms with Gasteiger partial charge >= 0.3 is 0 Å². The minimum atomic E-state index is 1.11. The molecule has 0 spiro atoms. The molecule has 4 rings (SSSR count). The standard InChI is InChI=1S/C23H19N/c1-3-19(4-2)24-22-13-9-8-12-20(22)21-16-18(14-15-23(21)24)17-10-6-5-7-11-17/h3-16H,1H2,2H3/b19-4+. The van der Waals surface area contributed by atoms with E-state index in [-0.39, 0.29) is 0 Å². The van der Waals surface area contributed by atoms with Gasteiger partial charge in [0.15, 0.2) is 0 Å². The van der Waals surface area contributed by atoms with Crippen LogP contribution in [0.2, 0.25) is 0 Å². The van der Waals surface area contributed by atoms with Crippen LogP contribution in [0.15, 0.2) is 91.5 Å². The first-order valence-corrected chi connectivity index (χ1v) is 8.21. The molecule has 0 radical (unpaired) electrons. The van der Waals surface area contributed by atoms with Gasteiger partial charge < -0.3 is 4.57 Å². The molecule has 24 heavy (non-hydrogen) atoms. The number of fused-ring (bicyclic) bond motifs is 3. The third-order valence-electron chi connectivity index (χ3n) is 4.54. The van der Waals surface area contributed by atoms with Crippen molar-refractivity contribution in [2.24, 2.45) is 0 Å². The quantitative estimate of drug-likeness (QED) is 0.380. The lowest BCUT2D eigenvalue weighted by Gasteiger charge is -2.08. The summed E-state index contributed by atoms with van der Waals surface area (Å²) in [6.45, 7) is 6.03. The lowest BCUT2D eigenvalue weighted by molar-refractivity contribution is 1.23. The second kappa shape index (κ2) is 5.86. The fraction of sp³-hybridized carbons (Fsp3) is 0.0435. The van der Waals surface area contributed by atoms with Crippen molar-refractivity contribution in [2.75, 3.05) is 0 Å². The Kier molecular flexibility index (Phi) is 3.55. The Morgan fingerprint density at radius 2 is 1.50 bits per heavy atom. The summed E-state index contributed by atoms with van der Waals surface area (Å²) in [6.07, 6.45) is 4.01. The molecule has 0 aliphatic rings. The molecule has 1 heteroatoms. The van der Waals surface area contributed by atoms with Gasteiger partial charge in [-0.15, -0.1) is 0 Å². The van der Waals surface area contributed by atoms with E-state index in [0.29, 0.717) is 0 Å². The van der Waals surface area contributed by atoms with Crippen molar-refractivity contribution in [3.05, 3.63) is 91.5 Å². The van der Waals surface area contributed by atoms with Gasteiger partial charge in [0, 0.05) is 16.5 Å². The second-order valence-electron chi connectivity index (χ2n) is 5.87. The van der Waals surface area contributed by atoms with Gasteiger partial charge in [-0.25, -0.2) is 0 Å². The summed E-state index contributed by atoms with van der Waals surface area (Å²) >= 11 is 0. The van der Waals surface area contributed by atoms with Crippen molar-refractivity contribution < 1.29 is 0 Å². The molecule has 0 saturated carbocycles. The molecule has 0 amide bonds. The van der Waals surface area contributed by atoms with Crippen LogP contribution >= 0.6 is 0 Å². The van der Waals surface area contributed by atoms with E-state index in [9.17, 15) is 0 Å². The smallest absolute Gasteiger partial charge is 0.0541 e. The number of nitrogens with zero attached hydrogens (tertiary/aromatic N) is 1. The lowest BCUT2D eigenvalue weighted by Crippen LogP contribution is -1.93. The minimum absolute atomic E-state index is 1.11. The Bertz CT molecular complexity index is 1070. The predicted molar refractivity (Wildman–Crippen MR) is 105 cm³/mol. The van der Waals surface area contributed by atoms with Crippen LogP contribution in [0.3, 0.4) is 0 Å². The number of rotatable bonds is 3. The second-order valence-corrected chi connectivity index (χ2v) is 5.87. The molecule has 0 aliphatic carbocycles. The molecule has 3 aromatic carbocycles. The average Bonchev–Trinajstić information content (AvgIpc) is 2.98. The van der Waals surface area contributed by atoms with E-state index >= 15 is 0 Å². The first-order valence-electron chi connectivity index (χ1n) is 8.21. The van der Waals surface area contributed by atoms with Gasteiger partial charge in [0.05, 0.1) is 11.0 Å². The number of hydrogen-bond acceptors (Lipinski definition) is 0. The Hall–Kier alpha value is -3.06. The summed E-state index contributed by atoms with van der Waals surface area (Å²) in [5.41, 5.74) is 6.01. The van der Waals surface area contributed by atoms with Gasteiger partial charge in [-0.3, -0.25) is 0 Å². The van der Waals surface area contributed by atoms with E-state index in [1.54, 1.807) is 0 Å². The number of aromatic nitrogens is 1. The highest BCUT2D eigenvalue weighted by Crippen LogP contribution is 2.34. The normalized spacial score (nSPS) is 12.0. The summed E-state index contributed by atoms with van der Waals surface area (Å²) in [4.78, 5) is 0. The highest BCUT2D eigenvalue weighted by molar-refractivity contribution is 6.11. The van der Waals surface area contributed by atoms with Crippen molar-refractivity contribution in [1.29, 1.82) is 0 Å². The SMILES string of the molecule is C=C/C(=C\C)n1c2ccccc2c2cc(-c3ccccc3)ccc21. The van der Waals surface area contributed by atoms with Crippen LogP contribution in [0.4, 0.5) is 0 Å². The van der Waals surface area contributed by atoms with Gasteiger partial charge in [0.1, 0.15) is 0 Å². The van der Waals surface area contributed by atoms with E-state index in [4.69, 9.17) is 0 Å². The summed E-state index contributed by atoms with van der Waals surface area (Å²) in [6, 6.07) is 25.8. The van der Waals surface area contributed by atoms with Crippen LogP contribution in [-0.4, -0.2) is 4.57 Å². The number of hydrogen-bond donors (Lipinski definition) is 0. The molecule has 0 saturated heterocycles. The van der Waals surface area contributed by atoms with Gasteiger partial charge in [-0.05, 0) is 42.3 Å². The largest absolute Gasteiger partial charge is 0.310 e. The Morgan fingerprint density at radius 1 is 0.792 bits per heavy atom. The molecule has 116 valence electrons. The molecule has 0 unspecified atom stereocenters. The minimum Gasteiger partial charge on any atom is -0.310 e. The van der Waals surface area contributed by atoms with Crippen LogP contribution in [0.1, 0.15) is 6.92 Å². The molecule has 0 bridgehead atoms. The maximum Gasteiger partial charge on any atom is 0.0541 e. The van der Waals surface area contributed by atoms with Crippen LogP contribution in [0.25, 0.3) is 38.6 Å². The van der Waals surface area contributed by atoms with E-state index in [2.05, 4.69) is 96.9 Å². The van der Waals surface area contributed by atoms with Gasteiger partial charge in [-0.1, -0.05) is 67.3 Å². The zero-order valence-corrected chi connectivity index (χ0v) is 13.7. The summed E-state index contributed by atoms with van der Waals surface area (Å²) < 4.78 is 2.28. The van der Waals surface area contributed by atoms with Crippen LogP contribution in [0.5, 0.6) is 0 Å². The van der Waals surface area contributed by atoms with E-state index < -0.39 is 0 Å². The molecule has 0 fully saturated rings. The fourth-order valence-corrected chi connectivity index (χ4v) is 3.40. The molecule has 4 aromatic rings. The zero-order chi connectivity index (χ0) is 16.5. The Labute approximate surface area is 142 Å². The molecular formula is C23H19N. The molecule has 0 N–H and O–H groups in total. The predicted octanol–water partition coefficient (Wildman–Crippen LogP) is 6.51. The van der Waals surface area contributed by atoms with Gasteiger partial charge in [-0.2, -0.15) is 0 Å². The number of allylic oxidation sites excluding steroid dienone is 3. The fourth-order valence-electron chi connectivity index (χ4n) is 3.40. The van der Waals surface area contributed by atoms with Crippen LogP contribution in [-0.2, 0) is 0 Å². The highest BCUT2D eigenvalue weighted by Gasteiger charge is 2.12. The van der Waals surface area contributed by atoms with Crippen molar-refractivity contribution in [3.8, 4) is 11.1 Å². The maximum atomic E-state index is 3.98. The third-order valence-corrected chi connectivity index (χ3v) is 4.54. The summed E-state index contributed by atoms with van der Waals surface area (Å²) in [7, 11) is 0. The number of para-hydroxylation sites is 1. The summed E-state index contributed by atoms with van der Waals surface area (Å²) in [5, 5.41) is 2.54. The molecular weight excluding hydrogens is 290 g/mol. The topological polar surface area (TPSA) is 4.93 Å². The van der Waals surface area contributed by atoms with Crippen molar-refractivity contribution in [2.45, 2.75) is 6.92 Å². The van der Waals surface area contributed by atoms with Crippen molar-refractivity contribution >= 4 is 27.5 Å². The van der Waals surface area contributed by atoms with Gasteiger partial charge in [0.25, 0.3) is 0 Å². The Balaban J connectivity index is 2.08. The highest BCUT2D eigenvalue weighted by atomic mass is 15.0. The summed E-state index contributed by atoms with van der Waals surface area (Å²) in [5.74, 6) is 0. The third kappa shape index (κ3) is 2.17. The van der Waals surface area contributed by atoms with E-state index in [0.717, 1.165) is 5.70 Å². The molecule has 0 aliphatic heterocycles. The molecule has 1 nitrogen and oxygen atoms in total.